The minimum atomic E-state index is -1.21. The van der Waals surface area contributed by atoms with Gasteiger partial charge in [0.2, 0.25) is 0 Å². The molecule has 0 aromatic carbocycles. The number of rotatable bonds is 2. The van der Waals surface area contributed by atoms with Crippen LogP contribution in [0.5, 0.6) is 0 Å². The van der Waals surface area contributed by atoms with Crippen molar-refractivity contribution in [1.29, 1.82) is 5.41 Å². The lowest BCUT2D eigenvalue weighted by Crippen LogP contribution is -2.46. The van der Waals surface area contributed by atoms with Gasteiger partial charge < -0.3 is 4.74 Å². The SMILES string of the molecule is CCN1C(=N)OC=NC1[N+](=O)[O-]. The van der Waals surface area contributed by atoms with E-state index in [1.54, 1.807) is 6.92 Å². The van der Waals surface area contributed by atoms with Crippen molar-refractivity contribution in [3.63, 3.8) is 0 Å². The summed E-state index contributed by atoms with van der Waals surface area (Å²) in [5, 5.41) is 17.5. The Hall–Kier alpha value is -1.66. The fourth-order valence-electron chi connectivity index (χ4n) is 0.863. The normalized spacial score (nSPS) is 22.2. The minimum Gasteiger partial charge on any atom is -0.414 e. The number of nitro groups is 1. The van der Waals surface area contributed by atoms with Gasteiger partial charge in [-0.15, -0.1) is 0 Å². The van der Waals surface area contributed by atoms with Crippen molar-refractivity contribution in [2.75, 3.05) is 6.54 Å². The number of aliphatic imine (C=N–C) groups is 1. The summed E-state index contributed by atoms with van der Waals surface area (Å²) in [5.41, 5.74) is 0. The van der Waals surface area contributed by atoms with Gasteiger partial charge in [-0.05, 0) is 6.92 Å². The molecule has 1 rings (SSSR count). The molecule has 1 unspecified atom stereocenters. The Balaban J connectivity index is 2.83. The topological polar surface area (TPSA) is 91.8 Å². The van der Waals surface area contributed by atoms with Gasteiger partial charge >= 0.3 is 6.29 Å². The fraction of sp³-hybridized carbons (Fsp3) is 0.600. The third-order valence-corrected chi connectivity index (χ3v) is 1.43. The van der Waals surface area contributed by atoms with E-state index in [4.69, 9.17) is 5.41 Å². The van der Waals surface area contributed by atoms with E-state index in [2.05, 4.69) is 9.73 Å². The maximum atomic E-state index is 10.4. The van der Waals surface area contributed by atoms with Gasteiger partial charge in [-0.25, -0.2) is 4.90 Å². The number of nitrogens with zero attached hydrogens (tertiary/aromatic N) is 3. The Morgan fingerprint density at radius 3 is 3.08 bits per heavy atom. The summed E-state index contributed by atoms with van der Waals surface area (Å²) in [6, 6.07) is -0.241. The largest absolute Gasteiger partial charge is 0.414 e. The van der Waals surface area contributed by atoms with E-state index < -0.39 is 11.2 Å². The Bertz CT molecular complexity index is 239. The number of amidine groups is 1. The van der Waals surface area contributed by atoms with Gasteiger partial charge in [0.25, 0.3) is 6.02 Å². The second kappa shape index (κ2) is 3.16. The molecule has 66 valence electrons. The van der Waals surface area contributed by atoms with Crippen molar-refractivity contribution in [2.45, 2.75) is 13.2 Å². The molecule has 0 bridgehead atoms. The van der Waals surface area contributed by atoms with Crippen molar-refractivity contribution < 1.29 is 9.66 Å². The molecule has 1 atom stereocenters. The molecule has 0 radical (unpaired) electrons. The number of ether oxygens (including phenoxy) is 1. The van der Waals surface area contributed by atoms with E-state index in [0.29, 0.717) is 6.54 Å². The van der Waals surface area contributed by atoms with Gasteiger partial charge in [0.05, 0.1) is 4.92 Å². The van der Waals surface area contributed by atoms with E-state index >= 15 is 0 Å². The van der Waals surface area contributed by atoms with Gasteiger partial charge in [0, 0.05) is 6.54 Å². The van der Waals surface area contributed by atoms with Crippen LogP contribution in [0.25, 0.3) is 0 Å². The molecule has 0 aromatic heterocycles. The minimum absolute atomic E-state index is 0.241. The molecular weight excluding hydrogens is 164 g/mol. The lowest BCUT2D eigenvalue weighted by atomic mass is 10.5. The van der Waals surface area contributed by atoms with Crippen molar-refractivity contribution in [3.05, 3.63) is 10.1 Å². The Morgan fingerprint density at radius 2 is 2.67 bits per heavy atom. The first-order chi connectivity index (χ1) is 5.66. The van der Waals surface area contributed by atoms with E-state index in [1.165, 1.54) is 0 Å². The second-order valence-electron chi connectivity index (χ2n) is 2.10. The van der Waals surface area contributed by atoms with Crippen molar-refractivity contribution in [2.24, 2.45) is 4.99 Å². The average Bonchev–Trinajstić information content (AvgIpc) is 2.03. The first-order valence-corrected chi connectivity index (χ1v) is 3.33. The molecule has 1 aliphatic heterocycles. The molecule has 0 saturated heterocycles. The molecular formula is C5H8N4O3. The summed E-state index contributed by atoms with van der Waals surface area (Å²) < 4.78 is 4.57. The zero-order valence-corrected chi connectivity index (χ0v) is 6.43. The molecule has 0 amide bonds. The lowest BCUT2D eigenvalue weighted by Gasteiger charge is -2.24. The highest BCUT2D eigenvalue weighted by Gasteiger charge is 2.32. The number of nitrogens with one attached hydrogen (secondary N) is 1. The van der Waals surface area contributed by atoms with Crippen LogP contribution in [0, 0.1) is 15.5 Å². The van der Waals surface area contributed by atoms with Crippen molar-refractivity contribution in [3.8, 4) is 0 Å². The third-order valence-electron chi connectivity index (χ3n) is 1.43. The van der Waals surface area contributed by atoms with Crippen LogP contribution in [0.15, 0.2) is 4.99 Å². The van der Waals surface area contributed by atoms with Crippen LogP contribution in [0.4, 0.5) is 0 Å². The summed E-state index contributed by atoms with van der Waals surface area (Å²) >= 11 is 0. The van der Waals surface area contributed by atoms with Crippen LogP contribution in [0.2, 0.25) is 0 Å². The zero-order chi connectivity index (χ0) is 9.14. The maximum absolute atomic E-state index is 10.4. The Kier molecular flexibility index (Phi) is 2.22. The predicted molar refractivity (Wildman–Crippen MR) is 40.5 cm³/mol. The average molecular weight is 172 g/mol. The highest BCUT2D eigenvalue weighted by molar-refractivity contribution is 5.80. The molecule has 0 aliphatic carbocycles. The van der Waals surface area contributed by atoms with Crippen LogP contribution in [-0.4, -0.2) is 35.1 Å². The molecule has 1 N–H and O–H groups in total. The van der Waals surface area contributed by atoms with Crippen LogP contribution in [0.1, 0.15) is 6.92 Å². The summed E-state index contributed by atoms with van der Waals surface area (Å²) in [7, 11) is 0. The van der Waals surface area contributed by atoms with E-state index in [0.717, 1.165) is 11.3 Å². The number of hydrogen-bond donors (Lipinski definition) is 1. The lowest BCUT2D eigenvalue weighted by molar-refractivity contribution is -0.544. The molecule has 1 aliphatic rings. The third kappa shape index (κ3) is 1.34. The highest BCUT2D eigenvalue weighted by atomic mass is 16.6. The number of hydrogen-bond acceptors (Lipinski definition) is 5. The molecule has 12 heavy (non-hydrogen) atoms. The van der Waals surface area contributed by atoms with Crippen LogP contribution in [-0.2, 0) is 4.74 Å². The van der Waals surface area contributed by atoms with Crippen molar-refractivity contribution in [1.82, 2.24) is 4.90 Å². The molecule has 0 fully saturated rings. The first-order valence-electron chi connectivity index (χ1n) is 3.33. The smallest absolute Gasteiger partial charge is 0.391 e. The zero-order valence-electron chi connectivity index (χ0n) is 6.43. The highest BCUT2D eigenvalue weighted by Crippen LogP contribution is 2.06. The van der Waals surface area contributed by atoms with Gasteiger partial charge in [-0.3, -0.25) is 15.5 Å². The monoisotopic (exact) mass is 172 g/mol. The van der Waals surface area contributed by atoms with Crippen molar-refractivity contribution >= 4 is 12.4 Å². The predicted octanol–water partition coefficient (Wildman–Crippen LogP) is -0.138. The second-order valence-corrected chi connectivity index (χ2v) is 2.10. The fourth-order valence-corrected chi connectivity index (χ4v) is 0.863. The van der Waals surface area contributed by atoms with Gasteiger partial charge in [0.1, 0.15) is 0 Å². The van der Waals surface area contributed by atoms with Crippen LogP contribution >= 0.6 is 0 Å². The summed E-state index contributed by atoms with van der Waals surface area (Å²) in [6.45, 7) is 2.01. The molecule has 0 saturated carbocycles. The molecule has 7 nitrogen and oxygen atoms in total. The summed E-state index contributed by atoms with van der Waals surface area (Å²) in [6.07, 6.45) is -0.293. The van der Waals surface area contributed by atoms with Crippen LogP contribution < -0.4 is 0 Å². The van der Waals surface area contributed by atoms with Gasteiger partial charge in [-0.1, -0.05) is 0 Å². The first kappa shape index (κ1) is 8.44. The molecule has 1 heterocycles. The van der Waals surface area contributed by atoms with E-state index in [-0.39, 0.29) is 6.02 Å². The molecule has 0 spiro atoms. The van der Waals surface area contributed by atoms with E-state index in [9.17, 15) is 10.1 Å². The summed E-state index contributed by atoms with van der Waals surface area (Å²) in [5.74, 6) is 0. The molecule has 0 aromatic rings. The standard InChI is InChI=1S/C5H8N4O3/c1-2-8-4(6)12-3-7-5(8)9(10)11/h3,5-6H,2H2,1H3. The van der Waals surface area contributed by atoms with Gasteiger partial charge in [-0.2, -0.15) is 4.99 Å². The maximum Gasteiger partial charge on any atom is 0.391 e. The summed E-state index contributed by atoms with van der Waals surface area (Å²) in [4.78, 5) is 14.4. The molecule has 7 heteroatoms. The van der Waals surface area contributed by atoms with E-state index in [1.807, 2.05) is 0 Å². The Labute approximate surface area is 68.3 Å². The van der Waals surface area contributed by atoms with Crippen LogP contribution in [0.3, 0.4) is 0 Å². The quantitative estimate of drug-likeness (QED) is 0.463. The Morgan fingerprint density at radius 1 is 2.00 bits per heavy atom. The van der Waals surface area contributed by atoms with Gasteiger partial charge in [0.15, 0.2) is 6.40 Å².